The van der Waals surface area contributed by atoms with Gasteiger partial charge in [0.25, 0.3) is 5.91 Å². The van der Waals surface area contributed by atoms with E-state index in [1.54, 1.807) is 6.07 Å². The fourth-order valence-electron chi connectivity index (χ4n) is 2.55. The van der Waals surface area contributed by atoms with Gasteiger partial charge in [-0.3, -0.25) is 9.48 Å². The maximum absolute atomic E-state index is 12.9. The number of ether oxygens (including phenoxy) is 1. The molecule has 0 aliphatic carbocycles. The number of carbonyl (C=O) groups is 1. The summed E-state index contributed by atoms with van der Waals surface area (Å²) in [7, 11) is 1.39. The van der Waals surface area contributed by atoms with E-state index < -0.39 is 17.8 Å². The van der Waals surface area contributed by atoms with Crippen LogP contribution in [0.15, 0.2) is 18.5 Å². The Kier molecular flexibility index (Phi) is 4.16. The predicted octanol–water partition coefficient (Wildman–Crippen LogP) is 2.09. The Bertz CT molecular complexity index is 771. The van der Waals surface area contributed by atoms with Crippen molar-refractivity contribution in [2.45, 2.75) is 25.6 Å². The van der Waals surface area contributed by atoms with Crippen molar-refractivity contribution in [2.75, 3.05) is 6.61 Å². The van der Waals surface area contributed by atoms with Crippen LogP contribution in [0.4, 0.5) is 13.2 Å². The number of hydrogen-bond acceptors (Lipinski definition) is 4. The summed E-state index contributed by atoms with van der Waals surface area (Å²) >= 11 is 0. The smallest absolute Gasteiger partial charge is 0.435 e. The number of fused-ring (bicyclic) bond motifs is 1. The van der Waals surface area contributed by atoms with Crippen LogP contribution in [0.2, 0.25) is 0 Å². The van der Waals surface area contributed by atoms with Gasteiger partial charge in [-0.15, -0.1) is 0 Å². The fraction of sp³-hybridized carbons (Fsp3) is 0.400. The van der Waals surface area contributed by atoms with Gasteiger partial charge in [0.1, 0.15) is 11.4 Å². The second-order valence-electron chi connectivity index (χ2n) is 5.49. The van der Waals surface area contributed by atoms with Gasteiger partial charge in [-0.1, -0.05) is 0 Å². The number of nitrogens with one attached hydrogen (secondary N) is 1. The number of nitrogens with zero attached hydrogens (tertiary/aromatic N) is 3. The van der Waals surface area contributed by atoms with Crippen molar-refractivity contribution in [1.82, 2.24) is 20.1 Å². The minimum atomic E-state index is -4.57. The van der Waals surface area contributed by atoms with E-state index in [0.29, 0.717) is 12.4 Å². The van der Waals surface area contributed by atoms with Gasteiger partial charge >= 0.3 is 6.18 Å². The third-order valence-corrected chi connectivity index (χ3v) is 3.64. The van der Waals surface area contributed by atoms with Crippen molar-refractivity contribution in [3.63, 3.8) is 0 Å². The van der Waals surface area contributed by atoms with Crippen molar-refractivity contribution in [3.8, 4) is 5.75 Å². The van der Waals surface area contributed by atoms with Crippen LogP contribution in [0.3, 0.4) is 0 Å². The van der Waals surface area contributed by atoms with Gasteiger partial charge in [-0.25, -0.2) is 4.98 Å². The number of carbonyl (C=O) groups excluding carboxylic acids is 1. The third kappa shape index (κ3) is 3.34. The summed E-state index contributed by atoms with van der Waals surface area (Å²) in [6, 6.07) is 1.61. The molecule has 0 radical (unpaired) electrons. The summed E-state index contributed by atoms with van der Waals surface area (Å²) in [6.45, 7) is 0.332. The lowest BCUT2D eigenvalue weighted by Gasteiger charge is -2.17. The molecule has 0 fully saturated rings. The van der Waals surface area contributed by atoms with E-state index in [1.807, 2.05) is 0 Å². The number of alkyl halides is 3. The molecule has 2 aromatic rings. The van der Waals surface area contributed by atoms with Crippen LogP contribution in [-0.4, -0.2) is 27.3 Å². The van der Waals surface area contributed by atoms with Gasteiger partial charge in [-0.2, -0.15) is 18.3 Å². The maximum atomic E-state index is 12.9. The molecular formula is C15H15F3N4O2. The zero-order chi connectivity index (χ0) is 17.3. The molecule has 1 N–H and O–H groups in total. The second-order valence-corrected chi connectivity index (χ2v) is 5.49. The van der Waals surface area contributed by atoms with Crippen LogP contribution >= 0.6 is 0 Å². The molecule has 0 unspecified atom stereocenters. The first-order valence-corrected chi connectivity index (χ1v) is 7.34. The molecule has 2 aromatic heterocycles. The van der Waals surface area contributed by atoms with Crippen LogP contribution in [0.5, 0.6) is 5.75 Å². The molecule has 0 saturated heterocycles. The molecule has 0 atom stereocenters. The van der Waals surface area contributed by atoms with Crippen molar-refractivity contribution in [3.05, 3.63) is 41.0 Å². The van der Waals surface area contributed by atoms with Gasteiger partial charge in [0, 0.05) is 25.4 Å². The fourth-order valence-corrected chi connectivity index (χ4v) is 2.55. The molecule has 1 aliphatic heterocycles. The second kappa shape index (κ2) is 6.14. The van der Waals surface area contributed by atoms with Crippen LogP contribution in [0.25, 0.3) is 0 Å². The molecule has 1 amide bonds. The first kappa shape index (κ1) is 16.3. The van der Waals surface area contributed by atoms with Gasteiger partial charge in [0.15, 0.2) is 5.69 Å². The molecule has 0 saturated carbocycles. The van der Waals surface area contributed by atoms with Crippen molar-refractivity contribution in [1.29, 1.82) is 0 Å². The van der Waals surface area contributed by atoms with Crippen molar-refractivity contribution in [2.24, 2.45) is 7.05 Å². The van der Waals surface area contributed by atoms with Gasteiger partial charge in [-0.05, 0) is 24.5 Å². The van der Waals surface area contributed by atoms with E-state index in [2.05, 4.69) is 15.4 Å². The molecule has 9 heteroatoms. The summed E-state index contributed by atoms with van der Waals surface area (Å²) in [5.74, 6) is 0.102. The average Bonchev–Trinajstić information content (AvgIpc) is 2.93. The largest absolute Gasteiger partial charge is 0.492 e. The summed E-state index contributed by atoms with van der Waals surface area (Å²) < 4.78 is 45.1. The molecule has 0 aromatic carbocycles. The Balaban J connectivity index is 1.72. The highest BCUT2D eigenvalue weighted by molar-refractivity contribution is 5.92. The van der Waals surface area contributed by atoms with E-state index in [1.165, 1.54) is 19.4 Å². The minimum Gasteiger partial charge on any atom is -0.492 e. The van der Waals surface area contributed by atoms with Crippen LogP contribution in [0, 0.1) is 0 Å². The normalized spacial score (nSPS) is 14.0. The summed E-state index contributed by atoms with van der Waals surface area (Å²) in [4.78, 5) is 16.1. The van der Waals surface area contributed by atoms with Crippen molar-refractivity contribution >= 4 is 5.91 Å². The van der Waals surface area contributed by atoms with Crippen LogP contribution in [0.1, 0.15) is 33.7 Å². The molecule has 128 valence electrons. The summed E-state index contributed by atoms with van der Waals surface area (Å²) in [5, 5.41) is 5.85. The molecule has 0 spiro atoms. The van der Waals surface area contributed by atoms with E-state index in [-0.39, 0.29) is 17.8 Å². The Morgan fingerprint density at radius 2 is 2.25 bits per heavy atom. The highest BCUT2D eigenvalue weighted by Crippen LogP contribution is 2.30. The molecule has 3 rings (SSSR count). The van der Waals surface area contributed by atoms with E-state index in [9.17, 15) is 18.0 Å². The lowest BCUT2D eigenvalue weighted by molar-refractivity contribution is -0.142. The Morgan fingerprint density at radius 1 is 1.46 bits per heavy atom. The number of aryl methyl sites for hydroxylation is 2. The van der Waals surface area contributed by atoms with Crippen molar-refractivity contribution < 1.29 is 22.7 Å². The highest BCUT2D eigenvalue weighted by Gasteiger charge is 2.36. The monoisotopic (exact) mass is 340 g/mol. The number of hydrogen-bond donors (Lipinski definition) is 1. The number of rotatable bonds is 3. The van der Waals surface area contributed by atoms with Crippen LogP contribution < -0.4 is 10.1 Å². The summed E-state index contributed by atoms with van der Waals surface area (Å²) in [6.07, 6.45) is -0.240. The maximum Gasteiger partial charge on any atom is 0.435 e. The van der Waals surface area contributed by atoms with Crippen LogP contribution in [-0.2, 0) is 26.2 Å². The molecular weight excluding hydrogens is 325 g/mol. The molecule has 6 nitrogen and oxygen atoms in total. The lowest BCUT2D eigenvalue weighted by Crippen LogP contribution is -2.25. The standard InChI is InChI=1S/C15H15F3N4O2/c1-22-8-10(13(21-22)15(16,17)18)6-20-14(23)11-5-9-3-2-4-24-12(9)7-19-11/h5,7-8H,2-4,6H2,1H3,(H,20,23). The highest BCUT2D eigenvalue weighted by atomic mass is 19.4. The van der Waals surface area contributed by atoms with Gasteiger partial charge in [0.05, 0.1) is 12.8 Å². The average molecular weight is 340 g/mol. The van der Waals surface area contributed by atoms with Gasteiger partial charge in [0.2, 0.25) is 0 Å². The topological polar surface area (TPSA) is 69.0 Å². The Hall–Kier alpha value is -2.58. The first-order chi connectivity index (χ1) is 11.3. The number of halogens is 3. The Labute approximate surface area is 135 Å². The van der Waals surface area contributed by atoms with E-state index in [4.69, 9.17) is 4.74 Å². The molecule has 24 heavy (non-hydrogen) atoms. The molecule has 1 aliphatic rings. The predicted molar refractivity (Wildman–Crippen MR) is 77.4 cm³/mol. The molecule has 3 heterocycles. The third-order valence-electron chi connectivity index (χ3n) is 3.64. The lowest BCUT2D eigenvalue weighted by atomic mass is 10.1. The first-order valence-electron chi connectivity index (χ1n) is 7.34. The number of pyridine rings is 1. The van der Waals surface area contributed by atoms with E-state index in [0.717, 1.165) is 23.1 Å². The quantitative estimate of drug-likeness (QED) is 0.929. The zero-order valence-corrected chi connectivity index (χ0v) is 12.9. The minimum absolute atomic E-state index is 0.0976. The zero-order valence-electron chi connectivity index (χ0n) is 12.9. The number of aromatic nitrogens is 3. The Morgan fingerprint density at radius 3 is 3.00 bits per heavy atom. The SMILES string of the molecule is Cn1cc(CNC(=O)c2cc3c(cn2)OCCC3)c(C(F)(F)F)n1. The van der Waals surface area contributed by atoms with Gasteiger partial charge < -0.3 is 10.1 Å². The van der Waals surface area contributed by atoms with E-state index >= 15 is 0 Å². The number of amides is 1. The molecule has 0 bridgehead atoms. The summed E-state index contributed by atoms with van der Waals surface area (Å²) in [5.41, 5.74) is -0.0767.